The predicted octanol–water partition coefficient (Wildman–Crippen LogP) is 7.11. The van der Waals surface area contributed by atoms with Crippen LogP contribution in [0.25, 0.3) is 21.9 Å². The number of carbonyl (C=O) groups is 1. The SMILES string of the molecule is CSc1cc(C)c2c(ccn2S(=O)(=O)c2ccc(C)cc2)c1C(=O)c1nc2ccccc2n1COCC[Si](C)(C)C. The van der Waals surface area contributed by atoms with Crippen molar-refractivity contribution in [3.8, 4) is 0 Å². The molecule has 0 bridgehead atoms. The van der Waals surface area contributed by atoms with Gasteiger partial charge < -0.3 is 4.74 Å². The normalized spacial score (nSPS) is 12.4. The van der Waals surface area contributed by atoms with Crippen molar-refractivity contribution in [1.82, 2.24) is 13.5 Å². The number of imidazole rings is 1. The van der Waals surface area contributed by atoms with Crippen LogP contribution in [-0.2, 0) is 21.5 Å². The topological polar surface area (TPSA) is 83.2 Å². The van der Waals surface area contributed by atoms with Crippen molar-refractivity contribution in [3.05, 3.63) is 89.4 Å². The average Bonchev–Trinajstić information content (AvgIpc) is 3.53. The lowest BCUT2D eigenvalue weighted by molar-refractivity contribution is 0.0834. The Kier molecular flexibility index (Phi) is 8.04. The standard InChI is InChI=1S/C31H35N3O4S2Si/c1-21-11-13-23(14-12-21)40(36,37)34-16-15-24-28(27(39-3)19-22(2)29(24)34)30(35)31-32-25-9-7-8-10-26(25)33(31)20-38-17-18-41(4,5)6/h7-16,19H,17-18,20H2,1-6H3. The molecule has 10 heteroatoms. The van der Waals surface area contributed by atoms with Crippen molar-refractivity contribution >= 4 is 57.6 Å². The van der Waals surface area contributed by atoms with Crippen molar-refractivity contribution < 1.29 is 17.9 Å². The summed E-state index contributed by atoms with van der Waals surface area (Å²) >= 11 is 1.46. The Balaban J connectivity index is 1.64. The van der Waals surface area contributed by atoms with Crippen molar-refractivity contribution in [3.63, 3.8) is 0 Å². The number of ether oxygens (including phenoxy) is 1. The number of ketones is 1. The first kappa shape index (κ1) is 29.3. The number of aryl methyl sites for hydroxylation is 2. The third kappa shape index (κ3) is 5.66. The van der Waals surface area contributed by atoms with Gasteiger partial charge in [-0.25, -0.2) is 17.4 Å². The summed E-state index contributed by atoms with van der Waals surface area (Å²) in [6, 6.07) is 19.0. The van der Waals surface area contributed by atoms with Crippen LogP contribution in [0.15, 0.2) is 76.7 Å². The molecule has 0 N–H and O–H groups in total. The molecule has 0 amide bonds. The molecule has 0 atom stereocenters. The highest BCUT2D eigenvalue weighted by Crippen LogP contribution is 2.35. The van der Waals surface area contributed by atoms with Crippen LogP contribution < -0.4 is 0 Å². The molecule has 0 saturated heterocycles. The molecule has 2 aromatic heterocycles. The Hall–Kier alpha value is -3.18. The molecule has 2 heterocycles. The van der Waals surface area contributed by atoms with Gasteiger partial charge in [-0.15, -0.1) is 11.8 Å². The molecule has 5 rings (SSSR count). The van der Waals surface area contributed by atoms with Crippen molar-refractivity contribution in [2.75, 3.05) is 12.9 Å². The van der Waals surface area contributed by atoms with E-state index >= 15 is 0 Å². The maximum Gasteiger partial charge on any atom is 0.268 e. The van der Waals surface area contributed by atoms with Gasteiger partial charge in [-0.1, -0.05) is 49.5 Å². The Morgan fingerprint density at radius 1 is 1.02 bits per heavy atom. The highest BCUT2D eigenvalue weighted by Gasteiger charge is 2.28. The summed E-state index contributed by atoms with van der Waals surface area (Å²) in [5.74, 6) is 0.00336. The van der Waals surface area contributed by atoms with Gasteiger partial charge in [0.1, 0.15) is 6.73 Å². The van der Waals surface area contributed by atoms with Crippen molar-refractivity contribution in [1.29, 1.82) is 0 Å². The lowest BCUT2D eigenvalue weighted by atomic mass is 10.0. The molecule has 7 nitrogen and oxygen atoms in total. The number of para-hydroxylation sites is 2. The number of thioether (sulfide) groups is 1. The fraction of sp³-hybridized carbons (Fsp3) is 0.290. The van der Waals surface area contributed by atoms with Gasteiger partial charge in [-0.3, -0.25) is 9.36 Å². The molecule has 5 aromatic rings. The minimum Gasteiger partial charge on any atom is -0.361 e. The Bertz CT molecular complexity index is 1870. The summed E-state index contributed by atoms with van der Waals surface area (Å²) < 4.78 is 36.6. The first-order chi connectivity index (χ1) is 19.4. The molecule has 0 aliphatic carbocycles. The minimum absolute atomic E-state index is 0.194. The van der Waals surface area contributed by atoms with Gasteiger partial charge in [0.25, 0.3) is 10.0 Å². The molecule has 0 spiro atoms. The van der Waals surface area contributed by atoms with Crippen LogP contribution in [0.2, 0.25) is 25.7 Å². The monoisotopic (exact) mass is 605 g/mol. The zero-order chi connectivity index (χ0) is 29.5. The number of carbonyl (C=O) groups excluding carboxylic acids is 1. The van der Waals surface area contributed by atoms with E-state index < -0.39 is 18.1 Å². The molecule has 41 heavy (non-hydrogen) atoms. The van der Waals surface area contributed by atoms with Crippen LogP contribution in [0.3, 0.4) is 0 Å². The smallest absolute Gasteiger partial charge is 0.268 e. The van der Waals surface area contributed by atoms with Crippen LogP contribution in [0.1, 0.15) is 27.3 Å². The van der Waals surface area contributed by atoms with E-state index in [1.54, 1.807) is 30.3 Å². The number of nitrogens with zero attached hydrogens (tertiary/aromatic N) is 3. The fourth-order valence-corrected chi connectivity index (χ4v) is 7.79. The summed E-state index contributed by atoms with van der Waals surface area (Å²) in [5.41, 5.74) is 4.19. The van der Waals surface area contributed by atoms with Gasteiger partial charge >= 0.3 is 0 Å². The lowest BCUT2D eigenvalue weighted by Gasteiger charge is -2.17. The quantitative estimate of drug-likeness (QED) is 0.0730. The van der Waals surface area contributed by atoms with E-state index in [9.17, 15) is 13.2 Å². The molecule has 0 fully saturated rings. The summed E-state index contributed by atoms with van der Waals surface area (Å²) in [6.45, 7) is 11.5. The number of benzene rings is 3. The van der Waals surface area contributed by atoms with Gasteiger partial charge in [-0.2, -0.15) is 0 Å². The molecule has 3 aromatic carbocycles. The van der Waals surface area contributed by atoms with E-state index in [4.69, 9.17) is 9.72 Å². The number of aromatic nitrogens is 3. The summed E-state index contributed by atoms with van der Waals surface area (Å²) in [6.07, 6.45) is 3.45. The van der Waals surface area contributed by atoms with Crippen molar-refractivity contribution in [2.24, 2.45) is 0 Å². The zero-order valence-electron chi connectivity index (χ0n) is 24.3. The lowest BCUT2D eigenvalue weighted by Crippen LogP contribution is -2.22. The number of hydrogen-bond donors (Lipinski definition) is 0. The molecule has 0 radical (unpaired) electrons. The van der Waals surface area contributed by atoms with Crippen LogP contribution in [0.4, 0.5) is 0 Å². The van der Waals surface area contributed by atoms with E-state index in [0.717, 1.165) is 27.6 Å². The maximum absolute atomic E-state index is 14.4. The van der Waals surface area contributed by atoms with Crippen LogP contribution in [-0.4, -0.2) is 48.7 Å². The van der Waals surface area contributed by atoms with Crippen LogP contribution in [0, 0.1) is 13.8 Å². The van der Waals surface area contributed by atoms with E-state index in [1.165, 1.54) is 21.9 Å². The second-order valence-corrected chi connectivity index (χ2v) is 19.8. The first-order valence-electron chi connectivity index (χ1n) is 13.5. The van der Waals surface area contributed by atoms with Crippen LogP contribution >= 0.6 is 11.8 Å². The van der Waals surface area contributed by atoms with E-state index in [-0.39, 0.29) is 23.2 Å². The molecule has 214 valence electrons. The highest BCUT2D eigenvalue weighted by atomic mass is 32.2. The summed E-state index contributed by atoms with van der Waals surface area (Å²) in [7, 11) is -5.16. The molecule has 0 saturated carbocycles. The minimum atomic E-state index is -3.88. The molecule has 0 aliphatic rings. The van der Waals surface area contributed by atoms with Gasteiger partial charge in [0.15, 0.2) is 5.82 Å². The van der Waals surface area contributed by atoms with E-state index in [1.807, 2.05) is 55.0 Å². The Morgan fingerprint density at radius 2 is 1.73 bits per heavy atom. The molecular weight excluding hydrogens is 571 g/mol. The van der Waals surface area contributed by atoms with Gasteiger partial charge in [0, 0.05) is 36.7 Å². The van der Waals surface area contributed by atoms with Gasteiger partial charge in [0.2, 0.25) is 5.78 Å². The van der Waals surface area contributed by atoms with Crippen molar-refractivity contribution in [2.45, 2.75) is 56.1 Å². The largest absolute Gasteiger partial charge is 0.361 e. The third-order valence-electron chi connectivity index (χ3n) is 7.19. The molecular formula is C31H35N3O4S2Si. The second kappa shape index (κ2) is 11.2. The van der Waals surface area contributed by atoms with E-state index in [0.29, 0.717) is 28.6 Å². The Labute approximate surface area is 246 Å². The zero-order valence-corrected chi connectivity index (χ0v) is 26.9. The predicted molar refractivity (Wildman–Crippen MR) is 169 cm³/mol. The summed E-state index contributed by atoms with van der Waals surface area (Å²) in [5, 5.41) is 0.577. The number of hydrogen-bond acceptors (Lipinski definition) is 6. The number of rotatable bonds is 10. The second-order valence-electron chi connectivity index (χ2n) is 11.5. The van der Waals surface area contributed by atoms with E-state index in [2.05, 4.69) is 19.6 Å². The highest BCUT2D eigenvalue weighted by molar-refractivity contribution is 7.98. The van der Waals surface area contributed by atoms with Crippen LogP contribution in [0.5, 0.6) is 0 Å². The molecule has 0 aliphatic heterocycles. The average molecular weight is 606 g/mol. The first-order valence-corrected chi connectivity index (χ1v) is 19.9. The Morgan fingerprint density at radius 3 is 2.41 bits per heavy atom. The fourth-order valence-electron chi connectivity index (χ4n) is 4.92. The summed E-state index contributed by atoms with van der Waals surface area (Å²) in [4.78, 5) is 20.1. The molecule has 0 unspecified atom stereocenters. The number of fused-ring (bicyclic) bond motifs is 2. The third-order valence-corrected chi connectivity index (χ3v) is 11.3. The van der Waals surface area contributed by atoms with Gasteiger partial charge in [0.05, 0.1) is 21.4 Å². The van der Waals surface area contributed by atoms with Gasteiger partial charge in [-0.05, 0) is 68.1 Å². The maximum atomic E-state index is 14.4.